The summed E-state index contributed by atoms with van der Waals surface area (Å²) in [5.74, 6) is 1.47. The third kappa shape index (κ3) is 3.36. The van der Waals surface area contributed by atoms with Crippen molar-refractivity contribution in [3.05, 3.63) is 53.0 Å². The van der Waals surface area contributed by atoms with E-state index in [1.165, 1.54) is 6.07 Å². The largest absolute Gasteiger partial charge is 0.444 e. The zero-order valence-electron chi connectivity index (χ0n) is 13.0. The van der Waals surface area contributed by atoms with E-state index in [1.54, 1.807) is 12.1 Å². The summed E-state index contributed by atoms with van der Waals surface area (Å²) in [6, 6.07) is 6.63. The van der Waals surface area contributed by atoms with Crippen LogP contribution in [0.1, 0.15) is 35.9 Å². The van der Waals surface area contributed by atoms with E-state index in [0.717, 1.165) is 42.4 Å². The van der Waals surface area contributed by atoms with Crippen molar-refractivity contribution < 1.29 is 13.5 Å². The molecule has 0 bridgehead atoms. The van der Waals surface area contributed by atoms with Gasteiger partial charge in [0.2, 0.25) is 0 Å². The Morgan fingerprint density at radius 2 is 2.27 bits per heavy atom. The summed E-state index contributed by atoms with van der Waals surface area (Å²) in [5.41, 5.74) is 1.83. The first-order valence-electron chi connectivity index (χ1n) is 7.70. The highest BCUT2D eigenvalue weighted by Crippen LogP contribution is 2.24. The second kappa shape index (κ2) is 6.58. The highest BCUT2D eigenvalue weighted by atomic mass is 19.1. The van der Waals surface area contributed by atoms with Crippen LogP contribution in [0.2, 0.25) is 0 Å². The molecule has 0 amide bonds. The van der Waals surface area contributed by atoms with Crippen LogP contribution in [0.15, 0.2) is 28.7 Å². The molecule has 118 valence electrons. The summed E-state index contributed by atoms with van der Waals surface area (Å²) >= 11 is 0. The molecule has 0 spiro atoms. The van der Waals surface area contributed by atoms with Crippen molar-refractivity contribution in [2.45, 2.75) is 32.9 Å². The molecule has 2 heterocycles. The van der Waals surface area contributed by atoms with Gasteiger partial charge in [0.05, 0.1) is 24.9 Å². The van der Waals surface area contributed by atoms with Crippen LogP contribution in [-0.2, 0) is 17.7 Å². The highest BCUT2D eigenvalue weighted by Gasteiger charge is 2.24. The number of hydrogen-bond acceptors (Lipinski definition) is 4. The second-order valence-corrected chi connectivity index (χ2v) is 5.62. The summed E-state index contributed by atoms with van der Waals surface area (Å²) in [6.45, 7) is 6.92. The van der Waals surface area contributed by atoms with E-state index in [4.69, 9.17) is 9.15 Å². The number of benzene rings is 1. The Hall–Kier alpha value is -1.72. The van der Waals surface area contributed by atoms with Crippen molar-refractivity contribution in [2.75, 3.05) is 19.7 Å². The molecule has 22 heavy (non-hydrogen) atoms. The molecule has 2 aromatic rings. The lowest BCUT2D eigenvalue weighted by Crippen LogP contribution is -2.37. The number of halogens is 1. The third-order valence-corrected chi connectivity index (χ3v) is 3.98. The predicted molar refractivity (Wildman–Crippen MR) is 81.0 cm³/mol. The standard InChI is InChI=1S/C17H21FN2O2/c1-3-17-19-12(2)15(22-17)10-20-7-8-21-16(11-20)13-5-4-6-14(18)9-13/h4-6,9,16H,3,7-8,10-11H2,1-2H3. The van der Waals surface area contributed by atoms with Gasteiger partial charge in [0.15, 0.2) is 5.89 Å². The summed E-state index contributed by atoms with van der Waals surface area (Å²) < 4.78 is 24.9. The molecule has 0 saturated carbocycles. The van der Waals surface area contributed by atoms with Gasteiger partial charge in [-0.2, -0.15) is 0 Å². The molecule has 1 atom stereocenters. The average Bonchev–Trinajstić information content (AvgIpc) is 2.88. The normalized spacial score (nSPS) is 19.5. The molecule has 4 nitrogen and oxygen atoms in total. The summed E-state index contributed by atoms with van der Waals surface area (Å²) in [7, 11) is 0. The topological polar surface area (TPSA) is 38.5 Å². The van der Waals surface area contributed by atoms with Crippen molar-refractivity contribution in [3.63, 3.8) is 0 Å². The smallest absolute Gasteiger partial charge is 0.194 e. The van der Waals surface area contributed by atoms with Crippen LogP contribution in [0.25, 0.3) is 0 Å². The molecule has 1 aromatic carbocycles. The van der Waals surface area contributed by atoms with Crippen molar-refractivity contribution in [3.8, 4) is 0 Å². The Bertz CT molecular complexity index is 641. The van der Waals surface area contributed by atoms with Crippen LogP contribution in [0.4, 0.5) is 4.39 Å². The summed E-state index contributed by atoms with van der Waals surface area (Å²) in [5, 5.41) is 0. The first kappa shape index (κ1) is 15.2. The Kier molecular flexibility index (Phi) is 4.55. The zero-order chi connectivity index (χ0) is 15.5. The van der Waals surface area contributed by atoms with E-state index >= 15 is 0 Å². The fourth-order valence-electron chi connectivity index (χ4n) is 2.74. The van der Waals surface area contributed by atoms with Gasteiger partial charge in [0.1, 0.15) is 11.6 Å². The van der Waals surface area contributed by atoms with Crippen molar-refractivity contribution in [1.29, 1.82) is 0 Å². The number of morpholine rings is 1. The summed E-state index contributed by atoms with van der Waals surface area (Å²) in [6.07, 6.45) is 0.703. The van der Waals surface area contributed by atoms with Crippen LogP contribution in [0.5, 0.6) is 0 Å². The lowest BCUT2D eigenvalue weighted by Gasteiger charge is -2.32. The van der Waals surface area contributed by atoms with Crippen LogP contribution < -0.4 is 0 Å². The van der Waals surface area contributed by atoms with E-state index in [2.05, 4.69) is 9.88 Å². The molecular formula is C17H21FN2O2. The van der Waals surface area contributed by atoms with E-state index in [0.29, 0.717) is 13.2 Å². The predicted octanol–water partition coefficient (Wildman–Crippen LogP) is 3.26. The SMILES string of the molecule is CCc1nc(C)c(CN2CCOC(c3cccc(F)c3)C2)o1. The van der Waals surface area contributed by atoms with Crippen molar-refractivity contribution in [2.24, 2.45) is 0 Å². The van der Waals surface area contributed by atoms with Gasteiger partial charge in [-0.15, -0.1) is 0 Å². The van der Waals surface area contributed by atoms with Crippen LogP contribution >= 0.6 is 0 Å². The first-order chi connectivity index (χ1) is 10.7. The Morgan fingerprint density at radius 3 is 3.00 bits per heavy atom. The van der Waals surface area contributed by atoms with Gasteiger partial charge >= 0.3 is 0 Å². The summed E-state index contributed by atoms with van der Waals surface area (Å²) in [4.78, 5) is 6.68. The molecule has 3 rings (SSSR count). The zero-order valence-corrected chi connectivity index (χ0v) is 13.0. The minimum absolute atomic E-state index is 0.0988. The van der Waals surface area contributed by atoms with Gasteiger partial charge in [-0.1, -0.05) is 19.1 Å². The maximum Gasteiger partial charge on any atom is 0.194 e. The van der Waals surface area contributed by atoms with Crippen LogP contribution in [-0.4, -0.2) is 29.6 Å². The van der Waals surface area contributed by atoms with Gasteiger partial charge < -0.3 is 9.15 Å². The molecule has 0 aliphatic carbocycles. The first-order valence-corrected chi connectivity index (χ1v) is 7.70. The van der Waals surface area contributed by atoms with E-state index < -0.39 is 0 Å². The Labute approximate surface area is 129 Å². The monoisotopic (exact) mass is 304 g/mol. The molecular weight excluding hydrogens is 283 g/mol. The number of oxazole rings is 1. The Balaban J connectivity index is 1.69. The van der Waals surface area contributed by atoms with Crippen LogP contribution in [0, 0.1) is 12.7 Å². The van der Waals surface area contributed by atoms with Gasteiger partial charge in [-0.25, -0.2) is 9.37 Å². The molecule has 0 radical (unpaired) electrons. The highest BCUT2D eigenvalue weighted by molar-refractivity contribution is 5.20. The van der Waals surface area contributed by atoms with Crippen molar-refractivity contribution >= 4 is 0 Å². The molecule has 1 unspecified atom stereocenters. The van der Waals surface area contributed by atoms with Gasteiger partial charge in [0.25, 0.3) is 0 Å². The number of ether oxygens (including phenoxy) is 1. The van der Waals surface area contributed by atoms with Gasteiger partial charge in [0, 0.05) is 19.5 Å². The number of nitrogens with zero attached hydrogens (tertiary/aromatic N) is 2. The minimum Gasteiger partial charge on any atom is -0.444 e. The molecule has 1 aliphatic rings. The lowest BCUT2D eigenvalue weighted by atomic mass is 10.1. The van der Waals surface area contributed by atoms with E-state index in [9.17, 15) is 4.39 Å². The average molecular weight is 304 g/mol. The van der Waals surface area contributed by atoms with E-state index in [-0.39, 0.29) is 11.9 Å². The number of rotatable bonds is 4. The second-order valence-electron chi connectivity index (χ2n) is 5.62. The third-order valence-electron chi connectivity index (χ3n) is 3.98. The molecule has 0 N–H and O–H groups in total. The van der Waals surface area contributed by atoms with Crippen molar-refractivity contribution in [1.82, 2.24) is 9.88 Å². The Morgan fingerprint density at radius 1 is 1.41 bits per heavy atom. The van der Waals surface area contributed by atoms with Gasteiger partial charge in [-0.05, 0) is 24.6 Å². The van der Waals surface area contributed by atoms with Crippen LogP contribution in [0.3, 0.4) is 0 Å². The maximum atomic E-state index is 13.4. The maximum absolute atomic E-state index is 13.4. The van der Waals surface area contributed by atoms with E-state index in [1.807, 2.05) is 19.9 Å². The molecule has 1 saturated heterocycles. The number of hydrogen-bond donors (Lipinski definition) is 0. The minimum atomic E-state index is -0.225. The van der Waals surface area contributed by atoms with Gasteiger partial charge in [-0.3, -0.25) is 4.90 Å². The quantitative estimate of drug-likeness (QED) is 0.869. The molecule has 1 fully saturated rings. The number of aryl methyl sites for hydroxylation is 2. The fourth-order valence-corrected chi connectivity index (χ4v) is 2.74. The lowest BCUT2D eigenvalue weighted by molar-refractivity contribution is -0.0349. The molecule has 1 aromatic heterocycles. The number of aromatic nitrogens is 1. The molecule has 5 heteroatoms. The fraction of sp³-hybridized carbons (Fsp3) is 0.471. The molecule has 1 aliphatic heterocycles.